The van der Waals surface area contributed by atoms with Crippen LogP contribution in [0, 0.1) is 0 Å². The fourth-order valence-corrected chi connectivity index (χ4v) is 0.202. The molecule has 0 aliphatic rings. The third-order valence-corrected chi connectivity index (χ3v) is 0.337. The van der Waals surface area contributed by atoms with Crippen LogP contribution >= 0.6 is 0 Å². The second kappa shape index (κ2) is 5.41. The van der Waals surface area contributed by atoms with Gasteiger partial charge in [0.25, 0.3) is 0 Å². The Kier molecular flexibility index (Phi) is 7.52. The molecule has 0 heterocycles. The van der Waals surface area contributed by atoms with Crippen LogP contribution in [0.3, 0.4) is 0 Å². The van der Waals surface area contributed by atoms with Crippen molar-refractivity contribution in [2.45, 2.75) is 20.0 Å². The molecule has 0 aliphatic heterocycles. The second-order valence-corrected chi connectivity index (χ2v) is 1.43. The molecule has 0 radical (unpaired) electrons. The Morgan fingerprint density at radius 1 is 1.62 bits per heavy atom. The molecule has 0 saturated heterocycles. The van der Waals surface area contributed by atoms with Crippen LogP contribution in [0.15, 0.2) is 0 Å². The summed E-state index contributed by atoms with van der Waals surface area (Å²) in [7, 11) is 0. The first kappa shape index (κ1) is 11.1. The standard InChI is InChI=1S/C4H8O3.Na.H/c1-3(2)7-4(5)6;;/h3H,1-2H3,(H,5,6);;. The van der Waals surface area contributed by atoms with Crippen molar-refractivity contribution in [2.24, 2.45) is 0 Å². The summed E-state index contributed by atoms with van der Waals surface area (Å²) in [4.78, 5) is 9.59. The Morgan fingerprint density at radius 3 is 2.00 bits per heavy atom. The predicted molar refractivity (Wildman–Crippen MR) is 31.4 cm³/mol. The third-order valence-electron chi connectivity index (χ3n) is 0.337. The van der Waals surface area contributed by atoms with Gasteiger partial charge in [0.15, 0.2) is 0 Å². The zero-order valence-corrected chi connectivity index (χ0v) is 4.34. The molecule has 0 aromatic rings. The van der Waals surface area contributed by atoms with Gasteiger partial charge in [-0.05, 0) is 13.8 Å². The first-order valence-electron chi connectivity index (χ1n) is 2.02. The Balaban J connectivity index is 0. The van der Waals surface area contributed by atoms with Crippen molar-refractivity contribution in [1.82, 2.24) is 0 Å². The molecular weight excluding hydrogens is 119 g/mol. The van der Waals surface area contributed by atoms with Gasteiger partial charge in [-0.3, -0.25) is 0 Å². The van der Waals surface area contributed by atoms with Crippen molar-refractivity contribution in [1.29, 1.82) is 0 Å². The maximum absolute atomic E-state index is 9.59. The van der Waals surface area contributed by atoms with Gasteiger partial charge in [0.05, 0.1) is 6.10 Å². The summed E-state index contributed by atoms with van der Waals surface area (Å²) in [6.07, 6.45) is -1.44. The van der Waals surface area contributed by atoms with E-state index in [0.29, 0.717) is 0 Å². The molecule has 8 heavy (non-hydrogen) atoms. The van der Waals surface area contributed by atoms with Gasteiger partial charge in [-0.15, -0.1) is 0 Å². The minimum absolute atomic E-state index is 0. The van der Waals surface area contributed by atoms with Gasteiger partial charge in [-0.1, -0.05) is 0 Å². The molecular formula is C4H9NaO3. The van der Waals surface area contributed by atoms with Crippen molar-refractivity contribution in [2.75, 3.05) is 0 Å². The molecule has 0 fully saturated rings. The number of carboxylic acid groups (broad SMARTS) is 1. The van der Waals surface area contributed by atoms with Gasteiger partial charge in [-0.2, -0.15) is 0 Å². The molecule has 44 valence electrons. The van der Waals surface area contributed by atoms with Gasteiger partial charge in [-0.25, -0.2) is 4.79 Å². The quantitative estimate of drug-likeness (QED) is 0.411. The van der Waals surface area contributed by atoms with Crippen molar-refractivity contribution in [3.05, 3.63) is 0 Å². The van der Waals surface area contributed by atoms with E-state index in [9.17, 15) is 4.79 Å². The van der Waals surface area contributed by atoms with Crippen LogP contribution in [0.2, 0.25) is 0 Å². The predicted octanol–water partition coefficient (Wildman–Crippen LogP) is 0.441. The zero-order chi connectivity index (χ0) is 5.86. The Labute approximate surface area is 70.3 Å². The van der Waals surface area contributed by atoms with Crippen LogP contribution in [0.1, 0.15) is 13.8 Å². The van der Waals surface area contributed by atoms with E-state index in [0.717, 1.165) is 0 Å². The number of rotatable bonds is 1. The normalized spacial score (nSPS) is 7.88. The molecule has 0 atom stereocenters. The number of ether oxygens (including phenoxy) is 1. The fourth-order valence-electron chi connectivity index (χ4n) is 0.202. The van der Waals surface area contributed by atoms with E-state index in [4.69, 9.17) is 5.11 Å². The Morgan fingerprint density at radius 2 is 2.00 bits per heavy atom. The van der Waals surface area contributed by atoms with E-state index >= 15 is 0 Å². The Bertz CT molecular complexity index is 71.7. The van der Waals surface area contributed by atoms with Gasteiger partial charge >= 0.3 is 35.7 Å². The van der Waals surface area contributed by atoms with E-state index in [-0.39, 0.29) is 35.7 Å². The molecule has 0 aliphatic carbocycles. The molecule has 0 aromatic heterocycles. The Hall–Kier alpha value is 0.270. The summed E-state index contributed by atoms with van der Waals surface area (Å²) in [6.45, 7) is 3.32. The summed E-state index contributed by atoms with van der Waals surface area (Å²) in [6, 6.07) is 0. The van der Waals surface area contributed by atoms with Crippen LogP contribution in [0.5, 0.6) is 0 Å². The minimum atomic E-state index is -1.21. The van der Waals surface area contributed by atoms with Crippen molar-refractivity contribution >= 4 is 35.7 Å². The number of hydrogen-bond acceptors (Lipinski definition) is 2. The van der Waals surface area contributed by atoms with Crippen molar-refractivity contribution in [3.63, 3.8) is 0 Å². The third kappa shape index (κ3) is 9.55. The molecule has 0 rings (SSSR count). The molecule has 0 unspecified atom stereocenters. The fraction of sp³-hybridized carbons (Fsp3) is 0.750. The van der Waals surface area contributed by atoms with Gasteiger partial charge in [0, 0.05) is 0 Å². The molecule has 3 nitrogen and oxygen atoms in total. The number of carbonyl (C=O) groups is 1. The van der Waals surface area contributed by atoms with E-state index in [2.05, 4.69) is 4.74 Å². The van der Waals surface area contributed by atoms with E-state index in [1.807, 2.05) is 0 Å². The molecule has 0 amide bonds. The van der Waals surface area contributed by atoms with Crippen molar-refractivity contribution < 1.29 is 14.6 Å². The first-order valence-corrected chi connectivity index (χ1v) is 2.02. The summed E-state index contributed by atoms with van der Waals surface area (Å²) in [5.74, 6) is 0. The van der Waals surface area contributed by atoms with Crippen LogP contribution in [-0.4, -0.2) is 46.9 Å². The van der Waals surface area contributed by atoms with Crippen LogP contribution in [0.25, 0.3) is 0 Å². The van der Waals surface area contributed by atoms with Crippen molar-refractivity contribution in [3.8, 4) is 0 Å². The average Bonchev–Trinajstić information content (AvgIpc) is 1.27. The van der Waals surface area contributed by atoms with Crippen LogP contribution < -0.4 is 0 Å². The first-order chi connectivity index (χ1) is 3.13. The topological polar surface area (TPSA) is 46.5 Å². The van der Waals surface area contributed by atoms with E-state index in [1.54, 1.807) is 13.8 Å². The van der Waals surface area contributed by atoms with E-state index < -0.39 is 6.16 Å². The summed E-state index contributed by atoms with van der Waals surface area (Å²) >= 11 is 0. The summed E-state index contributed by atoms with van der Waals surface area (Å²) in [5, 5.41) is 7.86. The van der Waals surface area contributed by atoms with E-state index in [1.165, 1.54) is 0 Å². The summed E-state index contributed by atoms with van der Waals surface area (Å²) in [5.41, 5.74) is 0. The van der Waals surface area contributed by atoms with Gasteiger partial charge in [0.1, 0.15) is 0 Å². The maximum atomic E-state index is 9.59. The van der Waals surface area contributed by atoms with Crippen LogP contribution in [0.4, 0.5) is 4.79 Å². The summed E-state index contributed by atoms with van der Waals surface area (Å²) < 4.78 is 4.17. The van der Waals surface area contributed by atoms with Gasteiger partial charge < -0.3 is 9.84 Å². The molecule has 1 N–H and O–H groups in total. The molecule has 0 aromatic carbocycles. The number of hydrogen-bond donors (Lipinski definition) is 1. The van der Waals surface area contributed by atoms with Crippen LogP contribution in [-0.2, 0) is 4.74 Å². The molecule has 4 heteroatoms. The molecule has 0 saturated carbocycles. The monoisotopic (exact) mass is 128 g/mol. The van der Waals surface area contributed by atoms with Gasteiger partial charge in [0.2, 0.25) is 0 Å². The molecule has 0 spiro atoms. The zero-order valence-electron chi connectivity index (χ0n) is 4.34. The SMILES string of the molecule is CC(C)OC(=O)O.[NaH]. The molecule has 0 bridgehead atoms. The average molecular weight is 128 g/mol. The second-order valence-electron chi connectivity index (χ2n) is 1.43.